The van der Waals surface area contributed by atoms with Crippen LogP contribution in [0.5, 0.6) is 5.75 Å². The van der Waals surface area contributed by atoms with Gasteiger partial charge in [0, 0.05) is 6.54 Å². The molecule has 94 valence electrons. The SMILES string of the molecule is CCOc1cc(CNC=O)cc(C(F)(F)F)c1. The van der Waals surface area contributed by atoms with Gasteiger partial charge in [-0.3, -0.25) is 4.79 Å². The predicted molar refractivity (Wildman–Crippen MR) is 55.5 cm³/mol. The highest BCUT2D eigenvalue weighted by atomic mass is 19.4. The highest BCUT2D eigenvalue weighted by molar-refractivity contribution is 5.47. The van der Waals surface area contributed by atoms with Crippen molar-refractivity contribution in [1.82, 2.24) is 5.32 Å². The Morgan fingerprint density at radius 1 is 1.35 bits per heavy atom. The molecule has 0 heterocycles. The maximum atomic E-state index is 12.6. The summed E-state index contributed by atoms with van der Waals surface area (Å²) in [5.41, 5.74) is -0.443. The minimum absolute atomic E-state index is 0.0352. The van der Waals surface area contributed by atoms with Crippen molar-refractivity contribution < 1.29 is 22.7 Å². The third kappa shape index (κ3) is 3.97. The number of hydrogen-bond donors (Lipinski definition) is 1. The molecule has 0 atom stereocenters. The molecular formula is C11H12F3NO2. The number of benzene rings is 1. The van der Waals surface area contributed by atoms with Gasteiger partial charge in [-0.05, 0) is 30.7 Å². The van der Waals surface area contributed by atoms with E-state index in [2.05, 4.69) is 5.32 Å². The molecule has 0 spiro atoms. The second kappa shape index (κ2) is 5.56. The molecule has 0 saturated heterocycles. The van der Waals surface area contributed by atoms with Crippen LogP contribution in [0.4, 0.5) is 13.2 Å². The number of alkyl halides is 3. The van der Waals surface area contributed by atoms with Crippen molar-refractivity contribution in [3.8, 4) is 5.75 Å². The first-order chi connectivity index (χ1) is 7.97. The van der Waals surface area contributed by atoms with Crippen molar-refractivity contribution in [1.29, 1.82) is 0 Å². The van der Waals surface area contributed by atoms with Gasteiger partial charge in [0.2, 0.25) is 6.41 Å². The number of halogens is 3. The minimum Gasteiger partial charge on any atom is -0.494 e. The Hall–Kier alpha value is -1.72. The summed E-state index contributed by atoms with van der Waals surface area (Å²) in [6, 6.07) is 3.39. The van der Waals surface area contributed by atoms with E-state index >= 15 is 0 Å². The molecule has 1 aromatic carbocycles. The summed E-state index contributed by atoms with van der Waals surface area (Å²) >= 11 is 0. The summed E-state index contributed by atoms with van der Waals surface area (Å²) in [6.45, 7) is 2.00. The molecule has 0 aliphatic carbocycles. The zero-order valence-electron chi connectivity index (χ0n) is 9.17. The monoisotopic (exact) mass is 247 g/mol. The summed E-state index contributed by atoms with van der Waals surface area (Å²) in [4.78, 5) is 10.1. The van der Waals surface area contributed by atoms with Gasteiger partial charge in [-0.25, -0.2) is 0 Å². The van der Waals surface area contributed by atoms with E-state index in [4.69, 9.17) is 4.74 Å². The van der Waals surface area contributed by atoms with Crippen LogP contribution in [0.1, 0.15) is 18.1 Å². The Labute approximate surface area is 96.6 Å². The van der Waals surface area contributed by atoms with Crippen LogP contribution in [-0.4, -0.2) is 13.0 Å². The molecule has 0 bridgehead atoms. The molecule has 1 amide bonds. The lowest BCUT2D eigenvalue weighted by Gasteiger charge is -2.12. The van der Waals surface area contributed by atoms with Gasteiger partial charge in [-0.15, -0.1) is 0 Å². The third-order valence-corrected chi connectivity index (χ3v) is 1.99. The molecule has 17 heavy (non-hydrogen) atoms. The standard InChI is InChI=1S/C11H12F3NO2/c1-2-17-10-4-8(6-15-7-16)3-9(5-10)11(12,13)14/h3-5,7H,2,6H2,1H3,(H,15,16). The summed E-state index contributed by atoms with van der Waals surface area (Å²) in [5.74, 6) is 0.144. The van der Waals surface area contributed by atoms with Gasteiger partial charge in [-0.2, -0.15) is 13.2 Å². The fourth-order valence-corrected chi connectivity index (χ4v) is 1.34. The van der Waals surface area contributed by atoms with Gasteiger partial charge >= 0.3 is 6.18 Å². The van der Waals surface area contributed by atoms with Crippen LogP contribution in [0.15, 0.2) is 18.2 Å². The number of carbonyl (C=O) groups excluding carboxylic acids is 1. The first-order valence-electron chi connectivity index (χ1n) is 4.98. The zero-order chi connectivity index (χ0) is 12.9. The molecule has 0 unspecified atom stereocenters. The van der Waals surface area contributed by atoms with Crippen LogP contribution in [0, 0.1) is 0 Å². The number of carbonyl (C=O) groups is 1. The second-order valence-electron chi connectivity index (χ2n) is 3.30. The quantitative estimate of drug-likeness (QED) is 0.811. The van der Waals surface area contributed by atoms with Crippen molar-refractivity contribution in [2.45, 2.75) is 19.6 Å². The zero-order valence-corrected chi connectivity index (χ0v) is 9.17. The molecule has 1 N–H and O–H groups in total. The summed E-state index contributed by atoms with van der Waals surface area (Å²) < 4.78 is 42.7. The van der Waals surface area contributed by atoms with Gasteiger partial charge in [0.25, 0.3) is 0 Å². The molecule has 0 radical (unpaired) electrons. The lowest BCUT2D eigenvalue weighted by atomic mass is 10.1. The Morgan fingerprint density at radius 3 is 2.59 bits per heavy atom. The van der Waals surface area contributed by atoms with Crippen molar-refractivity contribution in [3.63, 3.8) is 0 Å². The average molecular weight is 247 g/mol. The number of ether oxygens (including phenoxy) is 1. The van der Waals surface area contributed by atoms with Gasteiger partial charge in [-0.1, -0.05) is 0 Å². The number of hydrogen-bond acceptors (Lipinski definition) is 2. The molecule has 0 fully saturated rings. The maximum Gasteiger partial charge on any atom is 0.416 e. The van der Waals surface area contributed by atoms with Crippen LogP contribution in [0.2, 0.25) is 0 Å². The van der Waals surface area contributed by atoms with E-state index in [1.54, 1.807) is 6.92 Å². The normalized spacial score (nSPS) is 11.1. The summed E-state index contributed by atoms with van der Waals surface area (Å²) in [6.07, 6.45) is -4.00. The Morgan fingerprint density at radius 2 is 2.06 bits per heavy atom. The van der Waals surface area contributed by atoms with Gasteiger partial charge in [0.05, 0.1) is 12.2 Å². The molecule has 0 saturated carbocycles. The van der Waals surface area contributed by atoms with Crippen LogP contribution < -0.4 is 10.1 Å². The van der Waals surface area contributed by atoms with Crippen LogP contribution in [0.3, 0.4) is 0 Å². The van der Waals surface area contributed by atoms with E-state index in [1.165, 1.54) is 6.07 Å². The van der Waals surface area contributed by atoms with Crippen molar-refractivity contribution >= 4 is 6.41 Å². The average Bonchev–Trinajstić information content (AvgIpc) is 2.25. The first kappa shape index (κ1) is 13.3. The van der Waals surface area contributed by atoms with Gasteiger partial charge in [0.15, 0.2) is 0 Å². The van der Waals surface area contributed by atoms with Crippen LogP contribution in [0.25, 0.3) is 0 Å². The van der Waals surface area contributed by atoms with E-state index in [0.29, 0.717) is 12.0 Å². The van der Waals surface area contributed by atoms with Crippen LogP contribution >= 0.6 is 0 Å². The first-order valence-corrected chi connectivity index (χ1v) is 4.98. The topological polar surface area (TPSA) is 38.3 Å². The molecule has 0 aromatic heterocycles. The number of rotatable bonds is 5. The van der Waals surface area contributed by atoms with Crippen molar-refractivity contribution in [2.24, 2.45) is 0 Å². The van der Waals surface area contributed by atoms with Gasteiger partial charge in [0.1, 0.15) is 5.75 Å². The van der Waals surface area contributed by atoms with E-state index in [9.17, 15) is 18.0 Å². The van der Waals surface area contributed by atoms with E-state index < -0.39 is 11.7 Å². The Balaban J connectivity index is 3.04. The number of nitrogens with one attached hydrogen (secondary N) is 1. The molecule has 0 aliphatic heterocycles. The molecule has 3 nitrogen and oxygen atoms in total. The maximum absolute atomic E-state index is 12.6. The molecule has 6 heteroatoms. The van der Waals surface area contributed by atoms with Crippen molar-refractivity contribution in [3.05, 3.63) is 29.3 Å². The lowest BCUT2D eigenvalue weighted by Crippen LogP contribution is -2.12. The summed E-state index contributed by atoms with van der Waals surface area (Å²) in [5, 5.41) is 2.31. The fraction of sp³-hybridized carbons (Fsp3) is 0.364. The Kier molecular flexibility index (Phi) is 4.37. The smallest absolute Gasteiger partial charge is 0.416 e. The highest BCUT2D eigenvalue weighted by Crippen LogP contribution is 2.32. The molecule has 1 rings (SSSR count). The fourth-order valence-electron chi connectivity index (χ4n) is 1.34. The predicted octanol–water partition coefficient (Wildman–Crippen LogP) is 2.35. The molecular weight excluding hydrogens is 235 g/mol. The Bertz CT molecular complexity index is 391. The largest absolute Gasteiger partial charge is 0.494 e. The highest BCUT2D eigenvalue weighted by Gasteiger charge is 2.31. The van der Waals surface area contributed by atoms with E-state index in [1.807, 2.05) is 0 Å². The lowest BCUT2D eigenvalue weighted by molar-refractivity contribution is -0.137. The molecule has 0 aliphatic rings. The second-order valence-corrected chi connectivity index (χ2v) is 3.30. The molecule has 1 aromatic rings. The minimum atomic E-state index is -4.43. The van der Waals surface area contributed by atoms with Gasteiger partial charge < -0.3 is 10.1 Å². The number of amides is 1. The van der Waals surface area contributed by atoms with E-state index in [-0.39, 0.29) is 18.9 Å². The summed E-state index contributed by atoms with van der Waals surface area (Å²) in [7, 11) is 0. The van der Waals surface area contributed by atoms with E-state index in [0.717, 1.165) is 12.1 Å². The van der Waals surface area contributed by atoms with Crippen LogP contribution in [-0.2, 0) is 17.5 Å². The third-order valence-electron chi connectivity index (χ3n) is 1.99. The van der Waals surface area contributed by atoms with Crippen molar-refractivity contribution in [2.75, 3.05) is 6.61 Å².